The van der Waals surface area contributed by atoms with Gasteiger partial charge >= 0.3 is 0 Å². The molecule has 6 heteroatoms. The number of aromatic nitrogens is 3. The molecule has 2 aromatic heterocycles. The number of benzene rings is 1. The zero-order chi connectivity index (χ0) is 18.1. The number of likely N-dealkylation sites (tertiary alicyclic amines) is 1. The molecule has 0 aliphatic carbocycles. The quantitative estimate of drug-likeness (QED) is 0.717. The molecule has 0 unspecified atom stereocenters. The van der Waals surface area contributed by atoms with E-state index in [4.69, 9.17) is 4.42 Å². The molecule has 26 heavy (non-hydrogen) atoms. The molecule has 1 fully saturated rings. The number of piperidine rings is 1. The number of hydrogen-bond acceptors (Lipinski definition) is 4. The number of aryl methyl sites for hydroxylation is 1. The van der Waals surface area contributed by atoms with Crippen LogP contribution in [0.25, 0.3) is 11.1 Å². The predicted octanol–water partition coefficient (Wildman–Crippen LogP) is 3.76. The Morgan fingerprint density at radius 3 is 3.00 bits per heavy atom. The molecule has 1 atom stereocenters. The van der Waals surface area contributed by atoms with Gasteiger partial charge in [-0.15, -0.1) is 0 Å². The van der Waals surface area contributed by atoms with Gasteiger partial charge in [0.2, 0.25) is 0 Å². The van der Waals surface area contributed by atoms with Crippen molar-refractivity contribution in [3.8, 4) is 0 Å². The second-order valence-corrected chi connectivity index (χ2v) is 6.98. The van der Waals surface area contributed by atoms with E-state index in [0.717, 1.165) is 55.0 Å². The lowest BCUT2D eigenvalue weighted by Crippen LogP contribution is -2.39. The van der Waals surface area contributed by atoms with Crippen LogP contribution >= 0.6 is 0 Å². The summed E-state index contributed by atoms with van der Waals surface area (Å²) in [5.41, 5.74) is 3.34. The van der Waals surface area contributed by atoms with Crippen LogP contribution in [-0.4, -0.2) is 38.7 Å². The summed E-state index contributed by atoms with van der Waals surface area (Å²) < 4.78 is 7.85. The Labute approximate surface area is 152 Å². The van der Waals surface area contributed by atoms with Crippen LogP contribution in [0.3, 0.4) is 0 Å². The van der Waals surface area contributed by atoms with Crippen molar-refractivity contribution in [3.63, 3.8) is 0 Å². The van der Waals surface area contributed by atoms with E-state index in [2.05, 4.69) is 17.0 Å². The van der Waals surface area contributed by atoms with Gasteiger partial charge in [-0.1, -0.05) is 19.1 Å². The molecule has 6 nitrogen and oxygen atoms in total. The molecule has 0 spiro atoms. The normalized spacial score (nSPS) is 17.8. The van der Waals surface area contributed by atoms with Gasteiger partial charge in [0.15, 0.2) is 11.5 Å². The number of para-hydroxylation sites is 2. The van der Waals surface area contributed by atoms with Gasteiger partial charge in [0.25, 0.3) is 5.91 Å². The van der Waals surface area contributed by atoms with Crippen LogP contribution in [0.5, 0.6) is 0 Å². The molecule has 0 saturated carbocycles. The molecule has 3 heterocycles. The SMILES string of the molecule is CCCn1ncc(C(=O)N2CCC[C@@H](c3nc4ccccc4o3)C2)c1C. The number of hydrogen-bond donors (Lipinski definition) is 0. The Bertz CT molecular complexity index is 894. The number of rotatable bonds is 4. The minimum Gasteiger partial charge on any atom is -0.440 e. The molecule has 1 aliphatic rings. The summed E-state index contributed by atoms with van der Waals surface area (Å²) in [6, 6.07) is 7.80. The monoisotopic (exact) mass is 352 g/mol. The van der Waals surface area contributed by atoms with Crippen LogP contribution in [0.1, 0.15) is 54.0 Å². The number of fused-ring (bicyclic) bond motifs is 1. The van der Waals surface area contributed by atoms with Gasteiger partial charge in [-0.25, -0.2) is 4.98 Å². The maximum atomic E-state index is 13.0. The lowest BCUT2D eigenvalue weighted by atomic mass is 9.97. The van der Waals surface area contributed by atoms with Crippen molar-refractivity contribution in [1.82, 2.24) is 19.7 Å². The number of nitrogens with zero attached hydrogens (tertiary/aromatic N) is 4. The smallest absolute Gasteiger partial charge is 0.257 e. The average molecular weight is 352 g/mol. The molecule has 3 aromatic rings. The van der Waals surface area contributed by atoms with Gasteiger partial charge in [0.1, 0.15) is 5.52 Å². The van der Waals surface area contributed by atoms with Gasteiger partial charge in [-0.05, 0) is 38.3 Å². The number of amides is 1. The summed E-state index contributed by atoms with van der Waals surface area (Å²) in [6.45, 7) is 6.33. The Kier molecular flexibility index (Phi) is 4.49. The van der Waals surface area contributed by atoms with Crippen molar-refractivity contribution in [2.24, 2.45) is 0 Å². The maximum absolute atomic E-state index is 13.0. The highest BCUT2D eigenvalue weighted by molar-refractivity contribution is 5.95. The summed E-state index contributed by atoms with van der Waals surface area (Å²) in [5, 5.41) is 4.37. The first-order valence-corrected chi connectivity index (χ1v) is 9.34. The zero-order valence-electron chi connectivity index (χ0n) is 15.3. The first kappa shape index (κ1) is 16.8. The van der Waals surface area contributed by atoms with E-state index in [1.54, 1.807) is 6.20 Å². The predicted molar refractivity (Wildman–Crippen MR) is 99.1 cm³/mol. The van der Waals surface area contributed by atoms with Crippen LogP contribution in [0, 0.1) is 6.92 Å². The summed E-state index contributed by atoms with van der Waals surface area (Å²) in [6.07, 6.45) is 4.65. The highest BCUT2D eigenvalue weighted by atomic mass is 16.3. The molecule has 136 valence electrons. The van der Waals surface area contributed by atoms with Crippen molar-refractivity contribution in [3.05, 3.63) is 47.6 Å². The molecular formula is C20H24N4O2. The van der Waals surface area contributed by atoms with Crippen LogP contribution in [0.2, 0.25) is 0 Å². The van der Waals surface area contributed by atoms with E-state index in [-0.39, 0.29) is 11.8 Å². The van der Waals surface area contributed by atoms with E-state index in [1.807, 2.05) is 40.8 Å². The minimum absolute atomic E-state index is 0.0608. The molecule has 1 amide bonds. The third kappa shape index (κ3) is 3.00. The van der Waals surface area contributed by atoms with E-state index >= 15 is 0 Å². The van der Waals surface area contributed by atoms with Crippen molar-refractivity contribution in [2.75, 3.05) is 13.1 Å². The van der Waals surface area contributed by atoms with Crippen LogP contribution in [-0.2, 0) is 6.54 Å². The highest BCUT2D eigenvalue weighted by Crippen LogP contribution is 2.29. The van der Waals surface area contributed by atoms with E-state index in [0.29, 0.717) is 12.1 Å². The first-order valence-electron chi connectivity index (χ1n) is 9.34. The van der Waals surface area contributed by atoms with Crippen molar-refractivity contribution in [1.29, 1.82) is 0 Å². The van der Waals surface area contributed by atoms with Crippen LogP contribution < -0.4 is 0 Å². The topological polar surface area (TPSA) is 64.2 Å². The molecule has 1 aliphatic heterocycles. The molecule has 4 rings (SSSR count). The van der Waals surface area contributed by atoms with Gasteiger partial charge in [-0.2, -0.15) is 5.10 Å². The average Bonchev–Trinajstić information content (AvgIpc) is 3.26. The summed E-state index contributed by atoms with van der Waals surface area (Å²) in [5.74, 6) is 0.943. The van der Waals surface area contributed by atoms with E-state index in [9.17, 15) is 4.79 Å². The highest BCUT2D eigenvalue weighted by Gasteiger charge is 2.30. The lowest BCUT2D eigenvalue weighted by Gasteiger charge is -2.31. The van der Waals surface area contributed by atoms with Gasteiger partial charge < -0.3 is 9.32 Å². The number of carbonyl (C=O) groups is 1. The Morgan fingerprint density at radius 2 is 2.19 bits per heavy atom. The van der Waals surface area contributed by atoms with Gasteiger partial charge in [0, 0.05) is 25.3 Å². The number of oxazole rings is 1. The molecule has 0 bridgehead atoms. The summed E-state index contributed by atoms with van der Waals surface area (Å²) in [7, 11) is 0. The molecule has 0 N–H and O–H groups in total. The van der Waals surface area contributed by atoms with Crippen molar-refractivity contribution in [2.45, 2.75) is 45.6 Å². The Hall–Kier alpha value is -2.63. The number of carbonyl (C=O) groups excluding carboxylic acids is 1. The van der Waals surface area contributed by atoms with E-state index < -0.39 is 0 Å². The summed E-state index contributed by atoms with van der Waals surface area (Å²) in [4.78, 5) is 19.6. The maximum Gasteiger partial charge on any atom is 0.257 e. The molecular weight excluding hydrogens is 328 g/mol. The fourth-order valence-corrected chi connectivity index (χ4v) is 3.69. The largest absolute Gasteiger partial charge is 0.440 e. The molecule has 1 saturated heterocycles. The Morgan fingerprint density at radius 1 is 1.35 bits per heavy atom. The van der Waals surface area contributed by atoms with Gasteiger partial charge in [0.05, 0.1) is 17.7 Å². The first-order chi connectivity index (χ1) is 12.7. The van der Waals surface area contributed by atoms with Crippen LogP contribution in [0.15, 0.2) is 34.9 Å². The third-order valence-electron chi connectivity index (χ3n) is 5.14. The van der Waals surface area contributed by atoms with E-state index in [1.165, 1.54) is 0 Å². The second kappa shape index (κ2) is 6.94. The fraction of sp³-hybridized carbons (Fsp3) is 0.450. The van der Waals surface area contributed by atoms with Crippen molar-refractivity contribution >= 4 is 17.0 Å². The zero-order valence-corrected chi connectivity index (χ0v) is 15.3. The third-order valence-corrected chi connectivity index (χ3v) is 5.14. The van der Waals surface area contributed by atoms with Gasteiger partial charge in [-0.3, -0.25) is 9.48 Å². The standard InChI is InChI=1S/C20H24N4O2/c1-3-10-24-14(2)16(12-21-24)20(25)23-11-6-7-15(13-23)19-22-17-8-4-5-9-18(17)26-19/h4-5,8-9,12,15H,3,6-7,10-11,13H2,1-2H3/t15-/m1/s1. The summed E-state index contributed by atoms with van der Waals surface area (Å²) >= 11 is 0. The minimum atomic E-state index is 0.0608. The fourth-order valence-electron chi connectivity index (χ4n) is 3.69. The lowest BCUT2D eigenvalue weighted by molar-refractivity contribution is 0.0698. The second-order valence-electron chi connectivity index (χ2n) is 6.98. The molecule has 0 radical (unpaired) electrons. The molecule has 1 aromatic carbocycles. The van der Waals surface area contributed by atoms with Crippen LogP contribution in [0.4, 0.5) is 0 Å². The Balaban J connectivity index is 1.53. The van der Waals surface area contributed by atoms with Crippen molar-refractivity contribution < 1.29 is 9.21 Å².